The first-order valence-electron chi connectivity index (χ1n) is 8.48. The van der Waals surface area contributed by atoms with Crippen LogP contribution >= 0.6 is 0 Å². The predicted molar refractivity (Wildman–Crippen MR) is 99.1 cm³/mol. The first-order chi connectivity index (χ1) is 13.2. The highest BCUT2D eigenvalue weighted by molar-refractivity contribution is 5.63. The van der Waals surface area contributed by atoms with Crippen molar-refractivity contribution < 1.29 is 13.9 Å². The summed E-state index contributed by atoms with van der Waals surface area (Å²) in [6.45, 7) is 0.872. The number of hydrogen-bond acceptors (Lipinski definition) is 6. The zero-order chi connectivity index (χ0) is 19.1. The predicted octanol–water partition coefficient (Wildman–Crippen LogP) is 3.22. The summed E-state index contributed by atoms with van der Waals surface area (Å²) in [6, 6.07) is 9.19. The summed E-state index contributed by atoms with van der Waals surface area (Å²) in [5.74, 6) is -0.824. The van der Waals surface area contributed by atoms with Crippen LogP contribution in [-0.4, -0.2) is 33.2 Å². The summed E-state index contributed by atoms with van der Waals surface area (Å²) in [4.78, 5) is 12.9. The van der Waals surface area contributed by atoms with Gasteiger partial charge in [-0.1, -0.05) is 6.07 Å². The highest BCUT2D eigenvalue weighted by Gasteiger charge is 2.08. The average Bonchev–Trinajstić information content (AvgIpc) is 2.70. The molecule has 0 radical (unpaired) electrons. The number of aliphatic hydroxyl groups is 1. The first kappa shape index (κ1) is 18.7. The second-order valence-corrected chi connectivity index (χ2v) is 5.80. The van der Waals surface area contributed by atoms with Gasteiger partial charge in [0, 0.05) is 43.7 Å². The quantitative estimate of drug-likeness (QED) is 0.528. The smallest absolute Gasteiger partial charge is 0.225 e. The molecule has 0 fully saturated rings. The Hall–Kier alpha value is -3.13. The number of nitrogens with zero attached hydrogens (tertiary/aromatic N) is 3. The Kier molecular flexibility index (Phi) is 6.22. The van der Waals surface area contributed by atoms with E-state index >= 15 is 0 Å². The van der Waals surface area contributed by atoms with Gasteiger partial charge in [0.1, 0.15) is 5.82 Å². The number of nitrogens with one attached hydrogen (secondary N) is 2. The number of hydrogen-bond donors (Lipinski definition) is 3. The molecule has 0 unspecified atom stereocenters. The lowest BCUT2D eigenvalue weighted by molar-refractivity contribution is 0.292. The van der Waals surface area contributed by atoms with Gasteiger partial charge in [-0.3, -0.25) is 4.98 Å². The van der Waals surface area contributed by atoms with Crippen molar-refractivity contribution in [2.75, 3.05) is 23.8 Å². The van der Waals surface area contributed by atoms with E-state index in [2.05, 4.69) is 25.6 Å². The normalized spacial score (nSPS) is 10.6. The van der Waals surface area contributed by atoms with Crippen LogP contribution in [0.5, 0.6) is 0 Å². The average molecular weight is 371 g/mol. The van der Waals surface area contributed by atoms with Crippen LogP contribution in [0.15, 0.2) is 48.8 Å². The van der Waals surface area contributed by atoms with Crippen LogP contribution in [0.4, 0.5) is 20.5 Å². The maximum atomic E-state index is 13.4. The second kappa shape index (κ2) is 9.00. The van der Waals surface area contributed by atoms with Crippen molar-refractivity contribution in [2.45, 2.75) is 13.0 Å². The number of benzene rings is 1. The van der Waals surface area contributed by atoms with Gasteiger partial charge in [-0.15, -0.1) is 0 Å². The molecule has 3 N–H and O–H groups in total. The minimum Gasteiger partial charge on any atom is -0.396 e. The summed E-state index contributed by atoms with van der Waals surface area (Å²) in [5.41, 5.74) is 2.15. The molecule has 0 aliphatic rings. The fourth-order valence-corrected chi connectivity index (χ4v) is 2.41. The van der Waals surface area contributed by atoms with Crippen molar-refractivity contribution in [1.82, 2.24) is 15.0 Å². The minimum atomic E-state index is -0.888. The number of aromatic nitrogens is 3. The molecule has 140 valence electrons. The molecule has 0 aliphatic heterocycles. The Morgan fingerprint density at radius 1 is 0.926 bits per heavy atom. The molecule has 0 saturated heterocycles. The fourth-order valence-electron chi connectivity index (χ4n) is 2.41. The van der Waals surface area contributed by atoms with E-state index in [9.17, 15) is 8.78 Å². The topological polar surface area (TPSA) is 83.0 Å². The Morgan fingerprint density at radius 3 is 2.48 bits per heavy atom. The maximum Gasteiger partial charge on any atom is 0.225 e. The molecule has 0 saturated carbocycles. The van der Waals surface area contributed by atoms with Crippen LogP contribution in [0, 0.1) is 11.6 Å². The molecule has 3 aromatic rings. The molecule has 8 heteroatoms. The summed E-state index contributed by atoms with van der Waals surface area (Å²) < 4.78 is 26.4. The van der Waals surface area contributed by atoms with Gasteiger partial charge in [0.25, 0.3) is 0 Å². The lowest BCUT2D eigenvalue weighted by Crippen LogP contribution is -2.10. The number of anilines is 2. The Labute approximate surface area is 155 Å². The summed E-state index contributed by atoms with van der Waals surface area (Å²) in [5, 5.41) is 15.1. The number of aliphatic hydroxyl groups excluding tert-OH is 1. The molecular formula is C19H19F2N5O. The molecule has 0 amide bonds. The van der Waals surface area contributed by atoms with E-state index in [0.29, 0.717) is 36.0 Å². The van der Waals surface area contributed by atoms with Crippen LogP contribution in [0.2, 0.25) is 0 Å². The molecule has 0 bridgehead atoms. The molecule has 2 aromatic heterocycles. The first-order valence-corrected chi connectivity index (χ1v) is 8.48. The maximum absolute atomic E-state index is 13.4. The molecule has 0 spiro atoms. The Bertz CT molecular complexity index is 893. The summed E-state index contributed by atoms with van der Waals surface area (Å²) in [7, 11) is 0. The van der Waals surface area contributed by atoms with Gasteiger partial charge < -0.3 is 15.7 Å². The third-order valence-corrected chi connectivity index (χ3v) is 3.78. The van der Waals surface area contributed by atoms with E-state index in [1.165, 1.54) is 6.07 Å². The lowest BCUT2D eigenvalue weighted by atomic mass is 10.2. The molecule has 1 aromatic carbocycles. The highest BCUT2D eigenvalue weighted by atomic mass is 19.2. The van der Waals surface area contributed by atoms with Crippen LogP contribution < -0.4 is 10.6 Å². The molecule has 0 atom stereocenters. The highest BCUT2D eigenvalue weighted by Crippen LogP contribution is 2.21. The van der Waals surface area contributed by atoms with Gasteiger partial charge in [0.2, 0.25) is 5.95 Å². The van der Waals surface area contributed by atoms with E-state index in [1.807, 2.05) is 12.1 Å². The zero-order valence-corrected chi connectivity index (χ0v) is 14.5. The van der Waals surface area contributed by atoms with Crippen molar-refractivity contribution in [3.63, 3.8) is 0 Å². The Balaban J connectivity index is 1.81. The van der Waals surface area contributed by atoms with E-state index in [4.69, 9.17) is 5.11 Å². The summed E-state index contributed by atoms with van der Waals surface area (Å²) >= 11 is 0. The van der Waals surface area contributed by atoms with Crippen molar-refractivity contribution in [3.8, 4) is 11.3 Å². The van der Waals surface area contributed by atoms with E-state index in [-0.39, 0.29) is 13.2 Å². The van der Waals surface area contributed by atoms with Crippen LogP contribution in [0.1, 0.15) is 12.0 Å². The van der Waals surface area contributed by atoms with Crippen molar-refractivity contribution in [3.05, 3.63) is 66.0 Å². The number of pyridine rings is 1. The van der Waals surface area contributed by atoms with Gasteiger partial charge in [-0.05, 0) is 36.2 Å². The van der Waals surface area contributed by atoms with Gasteiger partial charge in [0.15, 0.2) is 11.6 Å². The van der Waals surface area contributed by atoms with Crippen LogP contribution in [0.25, 0.3) is 11.3 Å². The van der Waals surface area contributed by atoms with Crippen molar-refractivity contribution in [1.29, 1.82) is 0 Å². The second-order valence-electron chi connectivity index (χ2n) is 5.80. The largest absolute Gasteiger partial charge is 0.396 e. The van der Waals surface area contributed by atoms with Gasteiger partial charge in [0.05, 0.1) is 5.69 Å². The molecule has 6 nitrogen and oxygen atoms in total. The summed E-state index contributed by atoms with van der Waals surface area (Å²) in [6.07, 6.45) is 3.91. The fraction of sp³-hybridized carbons (Fsp3) is 0.211. The number of halogens is 2. The third kappa shape index (κ3) is 5.18. The minimum absolute atomic E-state index is 0.0677. The van der Waals surface area contributed by atoms with Crippen LogP contribution in [-0.2, 0) is 6.54 Å². The van der Waals surface area contributed by atoms with Gasteiger partial charge in [-0.2, -0.15) is 4.98 Å². The zero-order valence-electron chi connectivity index (χ0n) is 14.5. The van der Waals surface area contributed by atoms with E-state index < -0.39 is 11.6 Å². The van der Waals surface area contributed by atoms with E-state index in [0.717, 1.165) is 17.7 Å². The number of rotatable bonds is 8. The molecule has 2 heterocycles. The Morgan fingerprint density at radius 2 is 1.74 bits per heavy atom. The monoisotopic (exact) mass is 371 g/mol. The van der Waals surface area contributed by atoms with Crippen LogP contribution in [0.3, 0.4) is 0 Å². The van der Waals surface area contributed by atoms with Crippen molar-refractivity contribution >= 4 is 11.8 Å². The molecule has 3 rings (SSSR count). The van der Waals surface area contributed by atoms with Gasteiger partial charge >= 0.3 is 0 Å². The van der Waals surface area contributed by atoms with Gasteiger partial charge in [-0.25, -0.2) is 13.8 Å². The van der Waals surface area contributed by atoms with Crippen molar-refractivity contribution in [2.24, 2.45) is 0 Å². The SMILES string of the molecule is OCCCNc1nc(NCc2ccc(F)c(F)c2)cc(-c2ccncc2)n1. The molecule has 0 aliphatic carbocycles. The van der Waals surface area contributed by atoms with E-state index in [1.54, 1.807) is 18.5 Å². The molecule has 27 heavy (non-hydrogen) atoms. The molecular weight excluding hydrogens is 352 g/mol. The lowest BCUT2D eigenvalue weighted by Gasteiger charge is -2.11. The standard InChI is InChI=1S/C19H19F2N5O/c20-15-3-2-13(10-16(15)21)12-24-18-11-17(14-4-7-22-8-5-14)25-19(26-18)23-6-1-9-27/h2-5,7-8,10-11,27H,1,6,9,12H2,(H2,23,24,25,26). The third-order valence-electron chi connectivity index (χ3n) is 3.78.